The zero-order valence-corrected chi connectivity index (χ0v) is 20.4. The van der Waals surface area contributed by atoms with E-state index >= 15 is 0 Å². The lowest BCUT2D eigenvalue weighted by atomic mass is 10.1. The van der Waals surface area contributed by atoms with Crippen molar-refractivity contribution in [3.8, 4) is 11.3 Å². The van der Waals surface area contributed by atoms with E-state index in [-0.39, 0.29) is 0 Å². The van der Waals surface area contributed by atoms with Crippen LogP contribution < -0.4 is 9.80 Å². The van der Waals surface area contributed by atoms with Crippen molar-refractivity contribution in [2.45, 2.75) is 31.1 Å². The zero-order chi connectivity index (χ0) is 23.5. The number of hydrogen-bond acceptors (Lipinski definition) is 6. The minimum Gasteiger partial charge on any atom is -0.368 e. The molecule has 2 aliphatic heterocycles. The van der Waals surface area contributed by atoms with Crippen LogP contribution in [0.25, 0.3) is 11.3 Å². The summed E-state index contributed by atoms with van der Waals surface area (Å²) in [5, 5.41) is 8.93. The van der Waals surface area contributed by atoms with Crippen molar-refractivity contribution in [3.05, 3.63) is 66.2 Å². The standard InChI is InChI=1S/C26H31N5O2S/c1-21-10-11-22(20-25(21)34(32,33)31-14-6-3-7-15-31)24-12-13-26(28-27-24)30-18-16-29(17-19-30)23-8-4-2-5-9-23/h2,4-5,8-13,20H,3,6-7,14-19H2,1H3. The number of piperazine rings is 1. The maximum Gasteiger partial charge on any atom is 0.243 e. The second-order valence-corrected chi connectivity index (χ2v) is 10.9. The van der Waals surface area contributed by atoms with Gasteiger partial charge in [-0.1, -0.05) is 36.8 Å². The van der Waals surface area contributed by atoms with Crippen molar-refractivity contribution in [1.82, 2.24) is 14.5 Å². The number of rotatable bonds is 5. The van der Waals surface area contributed by atoms with Crippen LogP contribution in [0.15, 0.2) is 65.6 Å². The van der Waals surface area contributed by atoms with E-state index in [1.807, 2.05) is 37.3 Å². The first-order chi connectivity index (χ1) is 16.5. The fourth-order valence-electron chi connectivity index (χ4n) is 4.76. The van der Waals surface area contributed by atoms with Gasteiger partial charge in [0.25, 0.3) is 0 Å². The zero-order valence-electron chi connectivity index (χ0n) is 19.6. The van der Waals surface area contributed by atoms with Crippen molar-refractivity contribution in [1.29, 1.82) is 0 Å². The molecule has 3 aromatic rings. The van der Waals surface area contributed by atoms with Crippen LogP contribution in [-0.4, -0.2) is 62.2 Å². The molecule has 178 valence electrons. The van der Waals surface area contributed by atoms with Gasteiger partial charge in [0.1, 0.15) is 0 Å². The lowest BCUT2D eigenvalue weighted by Crippen LogP contribution is -2.46. The van der Waals surface area contributed by atoms with Crippen molar-refractivity contribution in [2.24, 2.45) is 0 Å². The SMILES string of the molecule is Cc1ccc(-c2ccc(N3CCN(c4ccccc4)CC3)nn2)cc1S(=O)(=O)N1CCCCC1. The van der Waals surface area contributed by atoms with E-state index in [1.165, 1.54) is 5.69 Å². The minimum absolute atomic E-state index is 0.370. The highest BCUT2D eigenvalue weighted by Crippen LogP contribution is 2.28. The fourth-order valence-corrected chi connectivity index (χ4v) is 6.53. The summed E-state index contributed by atoms with van der Waals surface area (Å²) < 4.78 is 28.1. The number of piperidine rings is 1. The molecule has 0 bridgehead atoms. The van der Waals surface area contributed by atoms with Gasteiger partial charge in [0, 0.05) is 50.5 Å². The summed E-state index contributed by atoms with van der Waals surface area (Å²) in [4.78, 5) is 5.00. The van der Waals surface area contributed by atoms with Crippen LogP contribution in [-0.2, 0) is 10.0 Å². The van der Waals surface area contributed by atoms with Gasteiger partial charge < -0.3 is 9.80 Å². The number of aryl methyl sites for hydroxylation is 1. The number of aromatic nitrogens is 2. The van der Waals surface area contributed by atoms with Gasteiger partial charge in [0.05, 0.1) is 10.6 Å². The van der Waals surface area contributed by atoms with Crippen LogP contribution in [0, 0.1) is 6.92 Å². The van der Waals surface area contributed by atoms with E-state index in [9.17, 15) is 8.42 Å². The molecular weight excluding hydrogens is 446 g/mol. The molecule has 0 atom stereocenters. The normalized spacial score (nSPS) is 17.7. The van der Waals surface area contributed by atoms with Gasteiger partial charge in [-0.25, -0.2) is 8.42 Å². The monoisotopic (exact) mass is 477 g/mol. The largest absolute Gasteiger partial charge is 0.368 e. The van der Waals surface area contributed by atoms with E-state index in [1.54, 1.807) is 10.4 Å². The number of para-hydroxylation sites is 1. The topological polar surface area (TPSA) is 69.6 Å². The van der Waals surface area contributed by atoms with Crippen LogP contribution in [0.5, 0.6) is 0 Å². The van der Waals surface area contributed by atoms with Crippen LogP contribution >= 0.6 is 0 Å². The summed E-state index contributed by atoms with van der Waals surface area (Å²) in [6.45, 7) is 6.67. The molecule has 2 saturated heterocycles. The quantitative estimate of drug-likeness (QED) is 0.554. The molecule has 5 rings (SSSR count). The smallest absolute Gasteiger partial charge is 0.243 e. The van der Waals surface area contributed by atoms with Crippen molar-refractivity contribution < 1.29 is 8.42 Å². The molecule has 0 amide bonds. The fraction of sp³-hybridized carbons (Fsp3) is 0.385. The average molecular weight is 478 g/mol. The molecule has 7 nitrogen and oxygen atoms in total. The molecule has 0 N–H and O–H groups in total. The number of hydrogen-bond donors (Lipinski definition) is 0. The number of sulfonamides is 1. The number of nitrogens with zero attached hydrogens (tertiary/aromatic N) is 5. The molecule has 1 aromatic heterocycles. The molecule has 8 heteroatoms. The van der Waals surface area contributed by atoms with Gasteiger partial charge >= 0.3 is 0 Å². The van der Waals surface area contributed by atoms with E-state index < -0.39 is 10.0 Å². The summed E-state index contributed by atoms with van der Waals surface area (Å²) >= 11 is 0. The van der Waals surface area contributed by atoms with E-state index in [4.69, 9.17) is 0 Å². The lowest BCUT2D eigenvalue weighted by Gasteiger charge is -2.36. The Morgan fingerprint density at radius 3 is 2.12 bits per heavy atom. The summed E-state index contributed by atoms with van der Waals surface area (Å²) in [6, 6.07) is 19.9. The van der Waals surface area contributed by atoms with Gasteiger partial charge in [-0.05, 0) is 55.7 Å². The summed E-state index contributed by atoms with van der Waals surface area (Å²) in [5.74, 6) is 0.852. The second-order valence-electron chi connectivity index (χ2n) is 9.03. The third kappa shape index (κ3) is 4.65. The number of benzene rings is 2. The molecule has 2 aromatic carbocycles. The van der Waals surface area contributed by atoms with Gasteiger partial charge in [0.15, 0.2) is 5.82 Å². The minimum atomic E-state index is -3.50. The van der Waals surface area contributed by atoms with Crippen molar-refractivity contribution >= 4 is 21.5 Å². The van der Waals surface area contributed by atoms with Gasteiger partial charge in [-0.15, -0.1) is 10.2 Å². The van der Waals surface area contributed by atoms with Crippen molar-refractivity contribution in [2.75, 3.05) is 49.1 Å². The molecule has 34 heavy (non-hydrogen) atoms. The van der Waals surface area contributed by atoms with Crippen LogP contribution in [0.4, 0.5) is 11.5 Å². The summed E-state index contributed by atoms with van der Waals surface area (Å²) in [7, 11) is -3.50. The molecule has 0 saturated carbocycles. The first kappa shape index (κ1) is 22.8. The van der Waals surface area contributed by atoms with Crippen LogP contribution in [0.2, 0.25) is 0 Å². The predicted molar refractivity (Wildman–Crippen MR) is 136 cm³/mol. The van der Waals surface area contributed by atoms with Crippen molar-refractivity contribution in [3.63, 3.8) is 0 Å². The summed E-state index contributed by atoms with van der Waals surface area (Å²) in [6.07, 6.45) is 2.93. The molecular formula is C26H31N5O2S. The van der Waals surface area contributed by atoms with Gasteiger partial charge in [-0.2, -0.15) is 4.31 Å². The molecule has 0 aliphatic carbocycles. The molecule has 0 radical (unpaired) electrons. The van der Waals surface area contributed by atoms with Gasteiger partial charge in [0.2, 0.25) is 10.0 Å². The van der Waals surface area contributed by atoms with Crippen LogP contribution in [0.1, 0.15) is 24.8 Å². The van der Waals surface area contributed by atoms with E-state index in [0.717, 1.165) is 62.4 Å². The second kappa shape index (κ2) is 9.72. The third-order valence-corrected chi connectivity index (χ3v) is 8.83. The molecule has 2 aliphatic rings. The third-order valence-electron chi connectivity index (χ3n) is 6.79. The first-order valence-corrected chi connectivity index (χ1v) is 13.5. The Balaban J connectivity index is 1.31. The summed E-state index contributed by atoms with van der Waals surface area (Å²) in [5.41, 5.74) is 3.46. The Hall–Kier alpha value is -2.97. The maximum absolute atomic E-state index is 13.3. The lowest BCUT2D eigenvalue weighted by molar-refractivity contribution is 0.346. The first-order valence-electron chi connectivity index (χ1n) is 12.0. The Morgan fingerprint density at radius 1 is 0.735 bits per heavy atom. The Bertz CT molecular complexity index is 1220. The average Bonchev–Trinajstić information content (AvgIpc) is 2.90. The number of anilines is 2. The molecule has 0 spiro atoms. The highest BCUT2D eigenvalue weighted by molar-refractivity contribution is 7.89. The Kier molecular flexibility index (Phi) is 6.52. The highest BCUT2D eigenvalue weighted by Gasteiger charge is 2.28. The van der Waals surface area contributed by atoms with E-state index in [2.05, 4.69) is 44.3 Å². The molecule has 2 fully saturated rings. The van der Waals surface area contributed by atoms with Gasteiger partial charge in [-0.3, -0.25) is 0 Å². The maximum atomic E-state index is 13.3. The van der Waals surface area contributed by atoms with Crippen LogP contribution in [0.3, 0.4) is 0 Å². The highest BCUT2D eigenvalue weighted by atomic mass is 32.2. The Morgan fingerprint density at radius 2 is 1.44 bits per heavy atom. The molecule has 0 unspecified atom stereocenters. The van der Waals surface area contributed by atoms with E-state index in [0.29, 0.717) is 23.7 Å². The molecule has 3 heterocycles. The predicted octanol–water partition coefficient (Wildman–Crippen LogP) is 3.95. The Labute approximate surface area is 202 Å².